The Morgan fingerprint density at radius 3 is 2.58 bits per heavy atom. The molecule has 0 saturated heterocycles. The van der Waals surface area contributed by atoms with Gasteiger partial charge in [-0.25, -0.2) is 9.78 Å². The fraction of sp³-hybridized carbons (Fsp3) is 0.174. The van der Waals surface area contributed by atoms with Crippen molar-refractivity contribution >= 4 is 34.8 Å². The maximum Gasteiger partial charge on any atom is 0.323 e. The molecule has 31 heavy (non-hydrogen) atoms. The van der Waals surface area contributed by atoms with E-state index in [0.717, 1.165) is 21.7 Å². The van der Waals surface area contributed by atoms with Gasteiger partial charge in [0.1, 0.15) is 5.76 Å². The van der Waals surface area contributed by atoms with Crippen molar-refractivity contribution in [1.82, 2.24) is 9.56 Å². The zero-order chi connectivity index (χ0) is 22.0. The van der Waals surface area contributed by atoms with E-state index in [9.17, 15) is 9.59 Å². The van der Waals surface area contributed by atoms with Crippen LogP contribution in [0.3, 0.4) is 0 Å². The van der Waals surface area contributed by atoms with E-state index in [1.165, 1.54) is 10.6 Å². The maximum atomic E-state index is 12.3. The van der Waals surface area contributed by atoms with Gasteiger partial charge in [-0.15, -0.1) is 16.3 Å². The van der Waals surface area contributed by atoms with Gasteiger partial charge in [-0.2, -0.15) is 0 Å². The summed E-state index contributed by atoms with van der Waals surface area (Å²) >= 11 is 1.56. The van der Waals surface area contributed by atoms with Gasteiger partial charge in [-0.3, -0.25) is 4.79 Å². The molecule has 0 bridgehead atoms. The first kappa shape index (κ1) is 20.7. The van der Waals surface area contributed by atoms with E-state index in [1.807, 2.05) is 56.3 Å². The summed E-state index contributed by atoms with van der Waals surface area (Å²) in [6, 6.07) is 16.4. The van der Waals surface area contributed by atoms with E-state index in [4.69, 9.17) is 4.52 Å². The fourth-order valence-electron chi connectivity index (χ4n) is 3.09. The molecule has 4 aromatic rings. The minimum absolute atomic E-state index is 0.233. The molecular weight excluding hydrogens is 412 g/mol. The minimum atomic E-state index is -0.289. The number of aryl methyl sites for hydroxylation is 3. The largest absolute Gasteiger partial charge is 0.375 e. The van der Waals surface area contributed by atoms with Crippen molar-refractivity contribution in [3.63, 3.8) is 0 Å². The number of hydrogen-bond acceptors (Lipinski definition) is 5. The quantitative estimate of drug-likeness (QED) is 0.424. The first-order valence-corrected chi connectivity index (χ1v) is 10.7. The third-order valence-corrected chi connectivity index (χ3v) is 5.71. The summed E-state index contributed by atoms with van der Waals surface area (Å²) in [7, 11) is 0. The SMILES string of the molecule is Cc1ccc(C)c(NC(=O)Nc2ccc(SCc3cc(=O)n4oc(C)cc4n3)cc2)c1. The van der Waals surface area contributed by atoms with Gasteiger partial charge < -0.3 is 15.2 Å². The lowest BCUT2D eigenvalue weighted by atomic mass is 10.1. The van der Waals surface area contributed by atoms with Crippen molar-refractivity contribution in [3.8, 4) is 0 Å². The maximum absolute atomic E-state index is 12.3. The van der Waals surface area contributed by atoms with Crippen molar-refractivity contribution in [2.75, 3.05) is 10.6 Å². The van der Waals surface area contributed by atoms with E-state index in [-0.39, 0.29) is 11.6 Å². The Morgan fingerprint density at radius 2 is 1.81 bits per heavy atom. The molecule has 2 N–H and O–H groups in total. The lowest BCUT2D eigenvalue weighted by Crippen LogP contribution is -2.20. The van der Waals surface area contributed by atoms with E-state index in [2.05, 4.69) is 15.6 Å². The second-order valence-electron chi connectivity index (χ2n) is 7.30. The molecule has 0 radical (unpaired) electrons. The number of anilines is 2. The van der Waals surface area contributed by atoms with Gasteiger partial charge in [-0.05, 0) is 62.2 Å². The highest BCUT2D eigenvalue weighted by atomic mass is 32.2. The monoisotopic (exact) mass is 434 g/mol. The number of carbonyl (C=O) groups excluding carboxylic acids is 1. The van der Waals surface area contributed by atoms with E-state index >= 15 is 0 Å². The number of fused-ring (bicyclic) bond motifs is 1. The second kappa shape index (κ2) is 8.69. The highest BCUT2D eigenvalue weighted by molar-refractivity contribution is 7.98. The number of rotatable bonds is 5. The third kappa shape index (κ3) is 4.97. The summed E-state index contributed by atoms with van der Waals surface area (Å²) < 4.78 is 6.49. The van der Waals surface area contributed by atoms with Crippen molar-refractivity contribution in [2.24, 2.45) is 0 Å². The van der Waals surface area contributed by atoms with E-state index in [0.29, 0.717) is 28.5 Å². The number of nitrogens with zero attached hydrogens (tertiary/aromatic N) is 2. The summed E-state index contributed by atoms with van der Waals surface area (Å²) in [5.74, 6) is 1.19. The Morgan fingerprint density at radius 1 is 1.03 bits per heavy atom. The summed E-state index contributed by atoms with van der Waals surface area (Å²) in [4.78, 5) is 29.9. The van der Waals surface area contributed by atoms with Crippen LogP contribution in [0.1, 0.15) is 22.6 Å². The van der Waals surface area contributed by atoms with E-state index in [1.54, 1.807) is 24.8 Å². The molecule has 0 spiro atoms. The van der Waals surface area contributed by atoms with Crippen LogP contribution in [0, 0.1) is 20.8 Å². The summed E-state index contributed by atoms with van der Waals surface area (Å²) in [5.41, 5.74) is 4.53. The number of amides is 2. The highest BCUT2D eigenvalue weighted by Gasteiger charge is 2.08. The summed E-state index contributed by atoms with van der Waals surface area (Å²) in [5, 5.41) is 5.72. The van der Waals surface area contributed by atoms with Crippen LogP contribution in [0.5, 0.6) is 0 Å². The van der Waals surface area contributed by atoms with Gasteiger partial charge in [0, 0.05) is 34.2 Å². The Bertz CT molecular complexity index is 1310. The lowest BCUT2D eigenvalue weighted by Gasteiger charge is -2.11. The summed E-state index contributed by atoms with van der Waals surface area (Å²) in [6.07, 6.45) is 0. The molecule has 2 heterocycles. The molecule has 158 valence electrons. The molecule has 4 rings (SSSR count). The highest BCUT2D eigenvalue weighted by Crippen LogP contribution is 2.24. The normalized spacial score (nSPS) is 10.9. The zero-order valence-corrected chi connectivity index (χ0v) is 18.2. The van der Waals surface area contributed by atoms with Crippen LogP contribution < -0.4 is 16.2 Å². The number of carbonyl (C=O) groups is 1. The zero-order valence-electron chi connectivity index (χ0n) is 17.4. The Labute approximate surface area is 183 Å². The average molecular weight is 435 g/mol. The van der Waals surface area contributed by atoms with E-state index < -0.39 is 0 Å². The van der Waals surface area contributed by atoms with Crippen LogP contribution in [-0.4, -0.2) is 15.6 Å². The third-order valence-electron chi connectivity index (χ3n) is 4.66. The minimum Gasteiger partial charge on any atom is -0.375 e. The van der Waals surface area contributed by atoms with Gasteiger partial charge in [0.2, 0.25) is 0 Å². The molecule has 0 unspecified atom stereocenters. The lowest BCUT2D eigenvalue weighted by molar-refractivity contribution is 0.262. The molecule has 0 aliphatic carbocycles. The number of hydrogen-bond donors (Lipinski definition) is 2. The van der Waals surface area contributed by atoms with Crippen molar-refractivity contribution in [1.29, 1.82) is 0 Å². The topological polar surface area (TPSA) is 88.6 Å². The molecule has 2 amide bonds. The van der Waals surface area contributed by atoms with Gasteiger partial charge >= 0.3 is 6.03 Å². The van der Waals surface area contributed by atoms with Crippen LogP contribution in [-0.2, 0) is 5.75 Å². The number of benzene rings is 2. The molecular formula is C23H22N4O3S. The Kier molecular flexibility index (Phi) is 5.81. The van der Waals surface area contributed by atoms with Crippen LogP contribution in [0.25, 0.3) is 5.65 Å². The standard InChI is InChI=1S/C23H22N4O3S/c1-14-4-5-15(2)20(10-14)26-23(29)25-17-6-8-19(9-7-17)31-13-18-12-22(28)27-21(24-18)11-16(3)30-27/h4-12H,13H2,1-3H3,(H2,25,26,29). The molecule has 0 aliphatic heterocycles. The van der Waals surface area contributed by atoms with Gasteiger partial charge in [0.15, 0.2) is 5.65 Å². The predicted octanol–water partition coefficient (Wildman–Crippen LogP) is 5.15. The second-order valence-corrected chi connectivity index (χ2v) is 8.34. The molecule has 0 fully saturated rings. The molecule has 7 nitrogen and oxygen atoms in total. The molecule has 0 aliphatic rings. The van der Waals surface area contributed by atoms with Crippen molar-refractivity contribution in [3.05, 3.63) is 87.5 Å². The van der Waals surface area contributed by atoms with Crippen molar-refractivity contribution < 1.29 is 9.32 Å². The average Bonchev–Trinajstić information content (AvgIpc) is 3.11. The molecule has 0 saturated carbocycles. The first-order chi connectivity index (χ1) is 14.9. The van der Waals surface area contributed by atoms with Crippen LogP contribution >= 0.6 is 11.8 Å². The number of aromatic nitrogens is 2. The Balaban J connectivity index is 1.36. The smallest absolute Gasteiger partial charge is 0.323 e. The fourth-order valence-corrected chi connectivity index (χ4v) is 3.89. The Hall–Kier alpha value is -3.52. The summed E-state index contributed by atoms with van der Waals surface area (Å²) in [6.45, 7) is 5.72. The first-order valence-electron chi connectivity index (χ1n) is 9.75. The molecule has 2 aromatic carbocycles. The van der Waals surface area contributed by atoms with Gasteiger partial charge in [0.25, 0.3) is 5.56 Å². The van der Waals surface area contributed by atoms with Crippen LogP contribution in [0.2, 0.25) is 0 Å². The molecule has 2 aromatic heterocycles. The van der Waals surface area contributed by atoms with Gasteiger partial charge in [0.05, 0.1) is 5.69 Å². The molecule has 8 heteroatoms. The van der Waals surface area contributed by atoms with Crippen LogP contribution in [0.4, 0.5) is 16.2 Å². The van der Waals surface area contributed by atoms with Crippen molar-refractivity contribution in [2.45, 2.75) is 31.4 Å². The predicted molar refractivity (Wildman–Crippen MR) is 123 cm³/mol. The number of nitrogens with one attached hydrogen (secondary N) is 2. The van der Waals surface area contributed by atoms with Gasteiger partial charge in [-0.1, -0.05) is 12.1 Å². The number of thioether (sulfide) groups is 1. The van der Waals surface area contributed by atoms with Crippen LogP contribution in [0.15, 0.2) is 68.8 Å². The number of urea groups is 1. The molecule has 0 atom stereocenters.